The Morgan fingerprint density at radius 3 is 3.29 bits per heavy atom. The number of carbonyl (C=O) groups is 1. The summed E-state index contributed by atoms with van der Waals surface area (Å²) in [5.41, 5.74) is -0.175. The minimum Gasteiger partial charge on any atom is -0.481 e. The topological polar surface area (TPSA) is 72.2 Å². The van der Waals surface area contributed by atoms with Crippen molar-refractivity contribution >= 4 is 17.7 Å². The van der Waals surface area contributed by atoms with E-state index in [1.54, 1.807) is 0 Å². The van der Waals surface area contributed by atoms with Crippen LogP contribution < -0.4 is 5.56 Å². The second-order valence-electron chi connectivity index (χ2n) is 3.00. The van der Waals surface area contributed by atoms with Gasteiger partial charge >= 0.3 is 5.97 Å². The molecule has 1 N–H and O–H groups in total. The van der Waals surface area contributed by atoms with Gasteiger partial charge in [0.05, 0.1) is 12.5 Å². The monoisotopic (exact) mass is 212 g/mol. The molecule has 1 aromatic heterocycles. The number of hydrogen-bond acceptors (Lipinski definition) is 4. The number of nitrogens with zero attached hydrogens (tertiary/aromatic N) is 2. The van der Waals surface area contributed by atoms with Crippen molar-refractivity contribution in [3.05, 3.63) is 22.6 Å². The number of carboxylic acid groups (broad SMARTS) is 1. The number of fused-ring (bicyclic) bond motifs is 1. The van der Waals surface area contributed by atoms with E-state index in [4.69, 9.17) is 5.11 Å². The van der Waals surface area contributed by atoms with Crippen LogP contribution in [0.2, 0.25) is 0 Å². The second kappa shape index (κ2) is 3.45. The Balaban J connectivity index is 2.38. The molecule has 5 nitrogen and oxygen atoms in total. The van der Waals surface area contributed by atoms with Gasteiger partial charge in [-0.05, 0) is 0 Å². The molecule has 14 heavy (non-hydrogen) atoms. The third kappa shape index (κ3) is 1.52. The third-order valence-corrected chi connectivity index (χ3v) is 3.14. The highest BCUT2D eigenvalue weighted by Crippen LogP contribution is 2.31. The molecule has 0 radical (unpaired) electrons. The molecular weight excluding hydrogens is 204 g/mol. The normalized spacial score (nSPS) is 19.3. The molecule has 0 saturated carbocycles. The van der Waals surface area contributed by atoms with Gasteiger partial charge in [0.1, 0.15) is 0 Å². The maximum Gasteiger partial charge on any atom is 0.305 e. The van der Waals surface area contributed by atoms with Crippen LogP contribution in [0.15, 0.2) is 22.2 Å². The number of rotatable bonds is 2. The number of aromatic nitrogens is 2. The van der Waals surface area contributed by atoms with Gasteiger partial charge in [-0.25, -0.2) is 4.98 Å². The van der Waals surface area contributed by atoms with Gasteiger partial charge in [0.15, 0.2) is 5.16 Å². The molecule has 1 atom stereocenters. The Morgan fingerprint density at radius 1 is 1.79 bits per heavy atom. The van der Waals surface area contributed by atoms with Crippen molar-refractivity contribution < 1.29 is 9.90 Å². The summed E-state index contributed by atoms with van der Waals surface area (Å²) >= 11 is 1.42. The lowest BCUT2D eigenvalue weighted by atomic mass is 10.2. The average molecular weight is 212 g/mol. The zero-order chi connectivity index (χ0) is 10.1. The van der Waals surface area contributed by atoms with Crippen molar-refractivity contribution in [3.63, 3.8) is 0 Å². The Kier molecular flexibility index (Phi) is 2.28. The van der Waals surface area contributed by atoms with E-state index in [1.165, 1.54) is 28.6 Å². The van der Waals surface area contributed by atoms with Crippen molar-refractivity contribution in [1.29, 1.82) is 0 Å². The highest BCUT2D eigenvalue weighted by atomic mass is 32.2. The Bertz CT molecular complexity index is 429. The maximum absolute atomic E-state index is 11.4. The van der Waals surface area contributed by atoms with E-state index in [2.05, 4.69) is 4.98 Å². The first kappa shape index (κ1) is 9.26. The maximum atomic E-state index is 11.4. The lowest BCUT2D eigenvalue weighted by molar-refractivity contribution is -0.137. The molecule has 0 bridgehead atoms. The van der Waals surface area contributed by atoms with Crippen LogP contribution in [0.4, 0.5) is 0 Å². The fraction of sp³-hybridized carbons (Fsp3) is 0.375. The number of thioether (sulfide) groups is 1. The highest BCUT2D eigenvalue weighted by Gasteiger charge is 2.26. The van der Waals surface area contributed by atoms with Gasteiger partial charge in [-0.15, -0.1) is 0 Å². The molecule has 0 fully saturated rings. The quantitative estimate of drug-likeness (QED) is 0.717. The molecule has 1 aliphatic heterocycles. The summed E-state index contributed by atoms with van der Waals surface area (Å²) in [6.45, 7) is 0. The standard InChI is InChI=1S/C8H8N2O3S/c11-6-1-2-9-8-10(6)5(4-14-8)3-7(12)13/h1-2,5H,3-4H2,(H,12,13)/t5-/m1/s1. The van der Waals surface area contributed by atoms with Gasteiger partial charge in [-0.1, -0.05) is 11.8 Å². The van der Waals surface area contributed by atoms with Gasteiger partial charge in [0, 0.05) is 18.0 Å². The predicted octanol–water partition coefficient (Wildman–Crippen LogP) is 0.365. The van der Waals surface area contributed by atoms with Gasteiger partial charge < -0.3 is 5.11 Å². The van der Waals surface area contributed by atoms with Gasteiger partial charge in [-0.3, -0.25) is 14.2 Å². The van der Waals surface area contributed by atoms with Crippen molar-refractivity contribution in [2.24, 2.45) is 0 Å². The molecule has 1 aromatic rings. The summed E-state index contributed by atoms with van der Waals surface area (Å²) in [6, 6.07) is 1.10. The zero-order valence-electron chi connectivity index (χ0n) is 7.21. The van der Waals surface area contributed by atoms with Gasteiger partial charge in [0.25, 0.3) is 5.56 Å². The lowest BCUT2D eigenvalue weighted by Gasteiger charge is -2.09. The Morgan fingerprint density at radius 2 is 2.57 bits per heavy atom. The summed E-state index contributed by atoms with van der Waals surface area (Å²) in [5, 5.41) is 9.26. The van der Waals surface area contributed by atoms with Crippen LogP contribution in [0.3, 0.4) is 0 Å². The summed E-state index contributed by atoms with van der Waals surface area (Å²) in [4.78, 5) is 26.0. The Hall–Kier alpha value is -1.30. The molecular formula is C8H8N2O3S. The van der Waals surface area contributed by atoms with Crippen molar-refractivity contribution in [1.82, 2.24) is 9.55 Å². The molecule has 0 saturated heterocycles. The summed E-state index contributed by atoms with van der Waals surface area (Å²) in [5.74, 6) is -0.280. The second-order valence-corrected chi connectivity index (χ2v) is 3.99. The van der Waals surface area contributed by atoms with E-state index >= 15 is 0 Å². The predicted molar refractivity (Wildman–Crippen MR) is 50.5 cm³/mol. The Labute approximate surface area is 83.8 Å². The summed E-state index contributed by atoms with van der Waals surface area (Å²) in [6.07, 6.45) is 1.43. The molecule has 0 amide bonds. The average Bonchev–Trinajstić information content (AvgIpc) is 2.49. The van der Waals surface area contributed by atoms with E-state index in [1.807, 2.05) is 0 Å². The van der Waals surface area contributed by atoms with Crippen molar-refractivity contribution in [2.45, 2.75) is 17.6 Å². The van der Waals surface area contributed by atoms with Gasteiger partial charge in [0.2, 0.25) is 0 Å². The first-order valence-electron chi connectivity index (χ1n) is 4.10. The molecule has 0 spiro atoms. The molecule has 2 rings (SSSR count). The summed E-state index contributed by atoms with van der Waals surface area (Å²) in [7, 11) is 0. The van der Waals surface area contributed by atoms with E-state index in [-0.39, 0.29) is 18.0 Å². The molecule has 2 heterocycles. The molecule has 0 aromatic carbocycles. The van der Waals surface area contributed by atoms with E-state index in [9.17, 15) is 9.59 Å². The molecule has 6 heteroatoms. The van der Waals surface area contributed by atoms with E-state index in [0.29, 0.717) is 10.9 Å². The van der Waals surface area contributed by atoms with Crippen molar-refractivity contribution in [3.8, 4) is 0 Å². The molecule has 0 unspecified atom stereocenters. The van der Waals surface area contributed by atoms with Gasteiger partial charge in [-0.2, -0.15) is 0 Å². The number of hydrogen-bond donors (Lipinski definition) is 1. The van der Waals surface area contributed by atoms with Crippen LogP contribution in [-0.2, 0) is 4.79 Å². The SMILES string of the molecule is O=C(O)C[C@@H]1CSc2nccc(=O)n21. The first-order valence-corrected chi connectivity index (χ1v) is 5.09. The first-order chi connectivity index (χ1) is 6.68. The fourth-order valence-corrected chi connectivity index (χ4v) is 2.56. The lowest BCUT2D eigenvalue weighted by Crippen LogP contribution is -2.24. The van der Waals surface area contributed by atoms with Crippen molar-refractivity contribution in [2.75, 3.05) is 5.75 Å². The molecule has 0 aliphatic carbocycles. The van der Waals surface area contributed by atoms with E-state index < -0.39 is 5.97 Å². The van der Waals surface area contributed by atoms with Crippen LogP contribution in [0.5, 0.6) is 0 Å². The molecule has 1 aliphatic rings. The van der Waals surface area contributed by atoms with Crippen LogP contribution in [-0.4, -0.2) is 26.4 Å². The largest absolute Gasteiger partial charge is 0.481 e. The number of aliphatic carboxylic acids is 1. The van der Waals surface area contributed by atoms with Crippen LogP contribution in [0.25, 0.3) is 0 Å². The highest BCUT2D eigenvalue weighted by molar-refractivity contribution is 7.99. The third-order valence-electron chi connectivity index (χ3n) is 2.03. The molecule has 74 valence electrons. The van der Waals surface area contributed by atoms with Crippen LogP contribution >= 0.6 is 11.8 Å². The fourth-order valence-electron chi connectivity index (χ4n) is 1.44. The van der Waals surface area contributed by atoms with E-state index in [0.717, 1.165) is 0 Å². The summed E-state index contributed by atoms with van der Waals surface area (Å²) < 4.78 is 1.46. The minimum absolute atomic E-state index is 0.0222. The van der Waals surface area contributed by atoms with Crippen LogP contribution in [0.1, 0.15) is 12.5 Å². The zero-order valence-corrected chi connectivity index (χ0v) is 8.03. The van der Waals surface area contributed by atoms with Crippen LogP contribution in [0, 0.1) is 0 Å². The smallest absolute Gasteiger partial charge is 0.305 e. The number of carboxylic acids is 1. The minimum atomic E-state index is -0.890.